The van der Waals surface area contributed by atoms with E-state index in [1.165, 1.54) is 0 Å². The van der Waals surface area contributed by atoms with Crippen LogP contribution in [0.3, 0.4) is 0 Å². The molecule has 0 saturated carbocycles. The van der Waals surface area contributed by atoms with Crippen LogP contribution < -0.4 is 15.4 Å². The number of aryl methyl sites for hydroxylation is 2. The SMILES string of the molecule is Cc1ccc(C)c(OCNC(=O)NCc2ccccc2Cl)c1C. The molecule has 0 aromatic heterocycles. The Labute approximate surface area is 141 Å². The Kier molecular flexibility index (Phi) is 5.88. The number of hydrogen-bond acceptors (Lipinski definition) is 2. The zero-order chi connectivity index (χ0) is 16.8. The van der Waals surface area contributed by atoms with E-state index in [0.29, 0.717) is 11.6 Å². The van der Waals surface area contributed by atoms with Crippen LogP contribution in [-0.4, -0.2) is 12.8 Å². The van der Waals surface area contributed by atoms with Gasteiger partial charge in [0.15, 0.2) is 6.73 Å². The van der Waals surface area contributed by atoms with Crippen LogP contribution in [0.5, 0.6) is 5.75 Å². The molecule has 0 atom stereocenters. The monoisotopic (exact) mass is 332 g/mol. The van der Waals surface area contributed by atoms with E-state index in [2.05, 4.69) is 16.7 Å². The Bertz CT molecular complexity index is 701. The first-order valence-corrected chi connectivity index (χ1v) is 7.81. The molecule has 2 aromatic rings. The summed E-state index contributed by atoms with van der Waals surface area (Å²) in [5, 5.41) is 6.07. The fourth-order valence-electron chi connectivity index (χ4n) is 2.20. The number of urea groups is 1. The molecular formula is C18H21ClN2O2. The second-order valence-electron chi connectivity index (χ2n) is 5.39. The van der Waals surface area contributed by atoms with Gasteiger partial charge < -0.3 is 15.4 Å². The van der Waals surface area contributed by atoms with Gasteiger partial charge in [0, 0.05) is 11.6 Å². The van der Waals surface area contributed by atoms with Crippen molar-refractivity contribution in [3.8, 4) is 5.75 Å². The fraction of sp³-hybridized carbons (Fsp3) is 0.278. The van der Waals surface area contributed by atoms with Gasteiger partial charge in [0.25, 0.3) is 0 Å². The Balaban J connectivity index is 1.82. The lowest BCUT2D eigenvalue weighted by molar-refractivity contribution is 0.223. The Morgan fingerprint density at radius 3 is 2.48 bits per heavy atom. The molecule has 0 saturated heterocycles. The molecule has 0 aliphatic rings. The lowest BCUT2D eigenvalue weighted by Gasteiger charge is -2.15. The summed E-state index contributed by atoms with van der Waals surface area (Å²) in [7, 11) is 0. The van der Waals surface area contributed by atoms with Crippen molar-refractivity contribution in [1.82, 2.24) is 10.6 Å². The molecule has 0 unspecified atom stereocenters. The largest absolute Gasteiger partial charge is 0.473 e. The summed E-state index contributed by atoms with van der Waals surface area (Å²) >= 11 is 6.05. The molecule has 2 amide bonds. The normalized spacial score (nSPS) is 10.3. The van der Waals surface area contributed by atoms with Crippen molar-refractivity contribution in [2.24, 2.45) is 0 Å². The van der Waals surface area contributed by atoms with Gasteiger partial charge in [-0.1, -0.05) is 41.9 Å². The third-order valence-electron chi connectivity index (χ3n) is 3.72. The molecule has 2 aromatic carbocycles. The van der Waals surface area contributed by atoms with E-state index in [1.54, 1.807) is 6.07 Å². The van der Waals surface area contributed by atoms with Crippen LogP contribution in [0.15, 0.2) is 36.4 Å². The average molecular weight is 333 g/mol. The number of carbonyl (C=O) groups is 1. The first-order valence-electron chi connectivity index (χ1n) is 7.43. The second-order valence-corrected chi connectivity index (χ2v) is 5.80. The van der Waals surface area contributed by atoms with Gasteiger partial charge in [-0.25, -0.2) is 4.79 Å². The summed E-state index contributed by atoms with van der Waals surface area (Å²) in [5.41, 5.74) is 4.17. The van der Waals surface area contributed by atoms with Crippen molar-refractivity contribution in [2.75, 3.05) is 6.73 Å². The van der Waals surface area contributed by atoms with Crippen LogP contribution in [0.2, 0.25) is 5.02 Å². The number of amides is 2. The van der Waals surface area contributed by atoms with Crippen molar-refractivity contribution in [2.45, 2.75) is 27.3 Å². The zero-order valence-corrected chi connectivity index (χ0v) is 14.3. The van der Waals surface area contributed by atoms with Crippen LogP contribution in [0, 0.1) is 20.8 Å². The minimum Gasteiger partial charge on any atom is -0.473 e. The number of ether oxygens (including phenoxy) is 1. The van der Waals surface area contributed by atoms with E-state index in [9.17, 15) is 4.79 Å². The van der Waals surface area contributed by atoms with Crippen LogP contribution in [-0.2, 0) is 6.54 Å². The molecular weight excluding hydrogens is 312 g/mol. The van der Waals surface area contributed by atoms with Gasteiger partial charge in [-0.2, -0.15) is 0 Å². The lowest BCUT2D eigenvalue weighted by Crippen LogP contribution is -2.37. The van der Waals surface area contributed by atoms with Crippen molar-refractivity contribution in [3.63, 3.8) is 0 Å². The minimum absolute atomic E-state index is 0.111. The smallest absolute Gasteiger partial charge is 0.317 e. The number of benzene rings is 2. The number of carbonyl (C=O) groups excluding carboxylic acids is 1. The molecule has 0 aliphatic heterocycles. The first-order chi connectivity index (χ1) is 11.0. The van der Waals surface area contributed by atoms with E-state index in [0.717, 1.165) is 28.0 Å². The standard InChI is InChI=1S/C18H21ClN2O2/c1-12-8-9-13(2)17(14(12)3)23-11-21-18(22)20-10-15-6-4-5-7-16(15)19/h4-9H,10-11H2,1-3H3,(H2,20,21,22). The van der Waals surface area contributed by atoms with Gasteiger partial charge in [-0.3, -0.25) is 0 Å². The second kappa shape index (κ2) is 7.88. The number of nitrogens with one attached hydrogen (secondary N) is 2. The van der Waals surface area contributed by atoms with E-state index >= 15 is 0 Å². The molecule has 23 heavy (non-hydrogen) atoms. The molecule has 0 fully saturated rings. The maximum absolute atomic E-state index is 11.8. The van der Waals surface area contributed by atoms with Gasteiger partial charge in [0.05, 0.1) is 0 Å². The maximum Gasteiger partial charge on any atom is 0.317 e. The molecule has 4 nitrogen and oxygen atoms in total. The van der Waals surface area contributed by atoms with Gasteiger partial charge >= 0.3 is 6.03 Å². The molecule has 0 radical (unpaired) electrons. The van der Waals surface area contributed by atoms with E-state index in [4.69, 9.17) is 16.3 Å². The van der Waals surface area contributed by atoms with Crippen LogP contribution in [0.25, 0.3) is 0 Å². The average Bonchev–Trinajstić information content (AvgIpc) is 2.53. The van der Waals surface area contributed by atoms with Gasteiger partial charge in [-0.15, -0.1) is 0 Å². The van der Waals surface area contributed by atoms with Crippen molar-refractivity contribution >= 4 is 17.6 Å². The number of hydrogen-bond donors (Lipinski definition) is 2. The summed E-state index contributed by atoms with van der Waals surface area (Å²) < 4.78 is 5.70. The molecule has 0 spiro atoms. The van der Waals surface area contributed by atoms with Crippen LogP contribution in [0.4, 0.5) is 4.79 Å². The lowest BCUT2D eigenvalue weighted by atomic mass is 10.1. The summed E-state index contributed by atoms with van der Waals surface area (Å²) in [6, 6.07) is 11.2. The molecule has 0 heterocycles. The number of halogens is 1. The highest BCUT2D eigenvalue weighted by atomic mass is 35.5. The van der Waals surface area contributed by atoms with E-state index in [1.807, 2.05) is 45.0 Å². The Morgan fingerprint density at radius 1 is 1.04 bits per heavy atom. The quantitative estimate of drug-likeness (QED) is 0.810. The Hall–Kier alpha value is -2.20. The van der Waals surface area contributed by atoms with Gasteiger partial charge in [0.1, 0.15) is 5.75 Å². The van der Waals surface area contributed by atoms with Gasteiger partial charge in [-0.05, 0) is 49.1 Å². The maximum atomic E-state index is 11.8. The van der Waals surface area contributed by atoms with E-state index in [-0.39, 0.29) is 12.8 Å². The molecule has 122 valence electrons. The van der Waals surface area contributed by atoms with E-state index < -0.39 is 0 Å². The highest BCUT2D eigenvalue weighted by Gasteiger charge is 2.07. The summed E-state index contributed by atoms with van der Waals surface area (Å²) in [4.78, 5) is 11.8. The first kappa shape index (κ1) is 17.2. The fourth-order valence-corrected chi connectivity index (χ4v) is 2.40. The van der Waals surface area contributed by atoms with Crippen molar-refractivity contribution in [1.29, 1.82) is 0 Å². The molecule has 0 bridgehead atoms. The van der Waals surface area contributed by atoms with Gasteiger partial charge in [0.2, 0.25) is 0 Å². The molecule has 5 heteroatoms. The van der Waals surface area contributed by atoms with Crippen LogP contribution >= 0.6 is 11.6 Å². The third-order valence-corrected chi connectivity index (χ3v) is 4.09. The van der Waals surface area contributed by atoms with Crippen LogP contribution in [0.1, 0.15) is 22.3 Å². The number of rotatable bonds is 5. The Morgan fingerprint density at radius 2 is 1.74 bits per heavy atom. The predicted octanol–water partition coefficient (Wildman–Crippen LogP) is 4.10. The topological polar surface area (TPSA) is 50.4 Å². The van der Waals surface area contributed by atoms with Crippen molar-refractivity contribution < 1.29 is 9.53 Å². The third kappa shape index (κ3) is 4.63. The summed E-state index contributed by atoms with van der Waals surface area (Å²) in [6.45, 7) is 6.51. The summed E-state index contributed by atoms with van der Waals surface area (Å²) in [6.07, 6.45) is 0. The summed E-state index contributed by atoms with van der Waals surface area (Å²) in [5.74, 6) is 0.816. The molecule has 2 rings (SSSR count). The zero-order valence-electron chi connectivity index (χ0n) is 13.6. The molecule has 2 N–H and O–H groups in total. The minimum atomic E-state index is -0.298. The highest BCUT2D eigenvalue weighted by Crippen LogP contribution is 2.25. The predicted molar refractivity (Wildman–Crippen MR) is 93.0 cm³/mol. The van der Waals surface area contributed by atoms with Crippen molar-refractivity contribution in [3.05, 3.63) is 63.7 Å². The molecule has 0 aliphatic carbocycles. The highest BCUT2D eigenvalue weighted by molar-refractivity contribution is 6.31.